The molecule has 1 unspecified atom stereocenters. The summed E-state index contributed by atoms with van der Waals surface area (Å²) in [5.74, 6) is 0. The molecule has 1 aromatic carbocycles. The highest BCUT2D eigenvalue weighted by Gasteiger charge is 2.36. The molecule has 2 rings (SSSR count). The molecule has 0 spiro atoms. The molecule has 2 N–H and O–H groups in total. The average Bonchev–Trinajstić information content (AvgIpc) is 2.30. The maximum atomic E-state index is 10.7. The molecular weight excluding hydrogens is 232 g/mol. The van der Waals surface area contributed by atoms with Gasteiger partial charge in [0, 0.05) is 0 Å². The molecule has 1 aliphatic heterocycles. The van der Waals surface area contributed by atoms with Crippen molar-refractivity contribution in [2.24, 2.45) is 0 Å². The summed E-state index contributed by atoms with van der Waals surface area (Å²) >= 11 is 0. The van der Waals surface area contributed by atoms with Crippen LogP contribution >= 0.6 is 9.24 Å². The summed E-state index contributed by atoms with van der Waals surface area (Å²) in [7, 11) is 2.26. The second-order valence-electron chi connectivity index (χ2n) is 4.79. The van der Waals surface area contributed by atoms with E-state index in [-0.39, 0.29) is 0 Å². The fraction of sp³-hybridized carbons (Fsp3) is 0.500. The summed E-state index contributed by atoms with van der Waals surface area (Å²) < 4.78 is 0. The number of aliphatic hydroxyl groups is 1. The summed E-state index contributed by atoms with van der Waals surface area (Å²) in [5, 5.41) is 21.3. The quantitative estimate of drug-likeness (QED) is 0.597. The zero-order chi connectivity index (χ0) is 12.5. The van der Waals surface area contributed by atoms with Crippen molar-refractivity contribution in [3.05, 3.63) is 29.8 Å². The minimum atomic E-state index is -0.746. The Labute approximate surface area is 105 Å². The summed E-state index contributed by atoms with van der Waals surface area (Å²) in [6.07, 6.45) is 1.34. The van der Waals surface area contributed by atoms with Crippen LogP contribution in [-0.4, -0.2) is 35.1 Å². The highest BCUT2D eigenvalue weighted by Crippen LogP contribution is 2.32. The Morgan fingerprint density at radius 1 is 1.29 bits per heavy atom. The Hall–Kier alpha value is -0.405. The van der Waals surface area contributed by atoms with Gasteiger partial charge in [-0.25, -0.2) is 0 Å². The number of rotatable bonds is 2. The van der Waals surface area contributed by atoms with E-state index in [9.17, 15) is 10.1 Å². The first-order valence-corrected chi connectivity index (χ1v) is 6.60. The SMILES string of the molecule is CB(O)N1CCC(O)(c2ccccc2P)CC1. The van der Waals surface area contributed by atoms with Crippen LogP contribution in [0.15, 0.2) is 24.3 Å². The molecule has 0 radical (unpaired) electrons. The van der Waals surface area contributed by atoms with Gasteiger partial charge in [-0.15, -0.1) is 9.24 Å². The highest BCUT2D eigenvalue weighted by molar-refractivity contribution is 7.27. The Balaban J connectivity index is 2.15. The smallest absolute Gasteiger partial charge is 0.376 e. The molecule has 1 heterocycles. The third-order valence-electron chi connectivity index (χ3n) is 3.62. The van der Waals surface area contributed by atoms with Crippen molar-refractivity contribution in [3.8, 4) is 0 Å². The molecule has 0 aliphatic carbocycles. The van der Waals surface area contributed by atoms with Gasteiger partial charge in [-0.1, -0.05) is 24.3 Å². The zero-order valence-corrected chi connectivity index (χ0v) is 11.3. The number of hydrogen-bond acceptors (Lipinski definition) is 3. The fourth-order valence-electron chi connectivity index (χ4n) is 2.46. The van der Waals surface area contributed by atoms with Crippen molar-refractivity contribution in [1.82, 2.24) is 4.81 Å². The lowest BCUT2D eigenvalue weighted by Gasteiger charge is -2.39. The van der Waals surface area contributed by atoms with Crippen molar-refractivity contribution in [2.75, 3.05) is 13.1 Å². The molecular formula is C12H19BNO2P. The van der Waals surface area contributed by atoms with Crippen molar-refractivity contribution >= 4 is 21.6 Å². The molecule has 3 nitrogen and oxygen atoms in total. The van der Waals surface area contributed by atoms with Crippen LogP contribution in [0.5, 0.6) is 0 Å². The van der Waals surface area contributed by atoms with E-state index in [1.807, 2.05) is 29.1 Å². The minimum absolute atomic E-state index is 0.425. The van der Waals surface area contributed by atoms with Crippen molar-refractivity contribution in [3.63, 3.8) is 0 Å². The van der Waals surface area contributed by atoms with Crippen LogP contribution < -0.4 is 5.30 Å². The predicted molar refractivity (Wildman–Crippen MR) is 74.3 cm³/mol. The normalized spacial score (nSPS) is 20.2. The van der Waals surface area contributed by atoms with Crippen molar-refractivity contribution in [1.29, 1.82) is 0 Å². The molecule has 1 atom stereocenters. The van der Waals surface area contributed by atoms with Gasteiger partial charge in [-0.05, 0) is 43.6 Å². The summed E-state index contributed by atoms with van der Waals surface area (Å²) in [6, 6.07) is 7.92. The molecule has 1 saturated heterocycles. The van der Waals surface area contributed by atoms with Crippen LogP contribution in [0.3, 0.4) is 0 Å². The molecule has 1 aromatic rings. The third-order valence-corrected chi connectivity index (χ3v) is 4.12. The van der Waals surface area contributed by atoms with Gasteiger partial charge < -0.3 is 14.9 Å². The number of hydrogen-bond donors (Lipinski definition) is 2. The standard InChI is InChI=1S/C12H19BNO2P/c1-13(16)14-8-6-12(15,7-9-14)10-4-2-3-5-11(10)17/h2-5,15-16H,6-9,17H2,1H3. The number of nitrogens with zero attached hydrogens (tertiary/aromatic N) is 1. The molecule has 0 saturated carbocycles. The summed E-state index contributed by atoms with van der Waals surface area (Å²) in [4.78, 5) is 1.99. The lowest BCUT2D eigenvalue weighted by Crippen LogP contribution is -2.48. The zero-order valence-electron chi connectivity index (χ0n) is 10.1. The van der Waals surface area contributed by atoms with Crippen LogP contribution in [-0.2, 0) is 5.60 Å². The van der Waals surface area contributed by atoms with Crippen LogP contribution in [0, 0.1) is 0 Å². The minimum Gasteiger partial charge on any atom is -0.437 e. The van der Waals surface area contributed by atoms with Crippen LogP contribution in [0.2, 0.25) is 6.82 Å². The van der Waals surface area contributed by atoms with E-state index in [1.165, 1.54) is 0 Å². The largest absolute Gasteiger partial charge is 0.437 e. The Morgan fingerprint density at radius 3 is 2.41 bits per heavy atom. The molecule has 1 fully saturated rings. The van der Waals surface area contributed by atoms with Gasteiger partial charge >= 0.3 is 7.05 Å². The van der Waals surface area contributed by atoms with Gasteiger partial charge in [0.2, 0.25) is 0 Å². The van der Waals surface area contributed by atoms with Crippen LogP contribution in [0.1, 0.15) is 18.4 Å². The van der Waals surface area contributed by atoms with Gasteiger partial charge in [-0.3, -0.25) is 0 Å². The van der Waals surface area contributed by atoms with E-state index in [0.29, 0.717) is 12.8 Å². The Morgan fingerprint density at radius 2 is 1.88 bits per heavy atom. The topological polar surface area (TPSA) is 43.7 Å². The second kappa shape index (κ2) is 5.07. The Kier molecular flexibility index (Phi) is 3.89. The first-order valence-electron chi connectivity index (χ1n) is 6.02. The maximum absolute atomic E-state index is 10.7. The predicted octanol–water partition coefficient (Wildman–Crippen LogP) is 0.581. The first-order chi connectivity index (χ1) is 8.03. The third kappa shape index (κ3) is 2.71. The van der Waals surface area contributed by atoms with Gasteiger partial charge in [0.25, 0.3) is 0 Å². The first kappa shape index (κ1) is 13.0. The van der Waals surface area contributed by atoms with Crippen molar-refractivity contribution < 1.29 is 10.1 Å². The number of benzene rings is 1. The van der Waals surface area contributed by atoms with Gasteiger partial charge in [0.1, 0.15) is 0 Å². The average molecular weight is 251 g/mol. The van der Waals surface area contributed by atoms with E-state index >= 15 is 0 Å². The fourth-order valence-corrected chi connectivity index (χ4v) is 2.93. The van der Waals surface area contributed by atoms with E-state index in [0.717, 1.165) is 24.0 Å². The van der Waals surface area contributed by atoms with Gasteiger partial charge in [-0.2, -0.15) is 0 Å². The summed E-state index contributed by atoms with van der Waals surface area (Å²) in [5.41, 5.74) is 0.249. The molecule has 17 heavy (non-hydrogen) atoms. The lowest BCUT2D eigenvalue weighted by molar-refractivity contribution is -0.0117. The lowest BCUT2D eigenvalue weighted by atomic mass is 9.77. The van der Waals surface area contributed by atoms with Crippen molar-refractivity contribution in [2.45, 2.75) is 25.3 Å². The van der Waals surface area contributed by atoms with E-state index in [1.54, 1.807) is 6.82 Å². The second-order valence-corrected chi connectivity index (χ2v) is 5.41. The molecule has 92 valence electrons. The number of piperidine rings is 1. The molecule has 5 heteroatoms. The molecule has 0 aromatic heterocycles. The monoisotopic (exact) mass is 251 g/mol. The van der Waals surface area contributed by atoms with E-state index < -0.39 is 12.7 Å². The van der Waals surface area contributed by atoms with E-state index in [4.69, 9.17) is 0 Å². The summed E-state index contributed by atoms with van der Waals surface area (Å²) in [6.45, 7) is 3.23. The Bertz CT molecular complexity index is 392. The molecule has 0 bridgehead atoms. The highest BCUT2D eigenvalue weighted by atomic mass is 31.0. The van der Waals surface area contributed by atoms with Gasteiger partial charge in [0.05, 0.1) is 5.60 Å². The van der Waals surface area contributed by atoms with Crippen LogP contribution in [0.4, 0.5) is 0 Å². The molecule has 1 aliphatic rings. The maximum Gasteiger partial charge on any atom is 0.376 e. The van der Waals surface area contributed by atoms with Gasteiger partial charge in [0.15, 0.2) is 0 Å². The molecule has 0 amide bonds. The van der Waals surface area contributed by atoms with Crippen LogP contribution in [0.25, 0.3) is 0 Å². The van der Waals surface area contributed by atoms with E-state index in [2.05, 4.69) is 9.24 Å².